The number of sulfonamides is 1. The number of amides is 2. The predicted molar refractivity (Wildman–Crippen MR) is 125 cm³/mol. The molecule has 2 aromatic rings. The van der Waals surface area contributed by atoms with Crippen molar-refractivity contribution in [2.75, 3.05) is 0 Å². The monoisotopic (exact) mass is 561 g/mol. The summed E-state index contributed by atoms with van der Waals surface area (Å²) < 4.78 is 66.6. The highest BCUT2D eigenvalue weighted by Crippen LogP contribution is 2.33. The van der Waals surface area contributed by atoms with E-state index < -0.39 is 81.2 Å². The Balaban J connectivity index is 1.80. The number of primary amides is 1. The third-order valence-corrected chi connectivity index (χ3v) is 7.62. The second kappa shape index (κ2) is 10.9. The lowest BCUT2D eigenvalue weighted by Crippen LogP contribution is -2.64. The van der Waals surface area contributed by atoms with Crippen molar-refractivity contribution in [1.29, 1.82) is 0 Å². The van der Waals surface area contributed by atoms with Gasteiger partial charge in [0.2, 0.25) is 15.9 Å². The first-order valence-corrected chi connectivity index (χ1v) is 12.7. The summed E-state index contributed by atoms with van der Waals surface area (Å²) >= 11 is 0. The lowest BCUT2D eigenvalue weighted by Gasteiger charge is -2.41. The Morgan fingerprint density at radius 1 is 1.11 bits per heavy atom. The average Bonchev–Trinajstić information content (AvgIpc) is 2.82. The average molecular weight is 562 g/mol. The number of aliphatic hydroxyl groups is 3. The van der Waals surface area contributed by atoms with Crippen LogP contribution in [-0.2, 0) is 32.2 Å². The second-order valence-corrected chi connectivity index (χ2v) is 10.8. The third kappa shape index (κ3) is 6.79. The molecule has 0 spiro atoms. The van der Waals surface area contributed by atoms with Crippen molar-refractivity contribution in [3.8, 4) is 5.75 Å². The summed E-state index contributed by atoms with van der Waals surface area (Å²) in [6, 6.07) is 5.33. The number of halogens is 3. The Morgan fingerprint density at radius 3 is 2.32 bits per heavy atom. The first-order valence-electron chi connectivity index (χ1n) is 11.2. The number of nitrogens with two attached hydrogens (primary N) is 1. The number of hydrogen-bond acceptors (Lipinski definition) is 8. The van der Waals surface area contributed by atoms with E-state index in [4.69, 9.17) is 5.73 Å². The lowest BCUT2D eigenvalue weighted by atomic mass is 9.78. The van der Waals surface area contributed by atoms with E-state index in [2.05, 4.69) is 5.32 Å². The number of nitrogens with one attached hydrogen (secondary N) is 2. The molecule has 1 aliphatic carbocycles. The molecular formula is C23H26F3N3O8S. The topological polar surface area (TPSA) is 199 Å². The minimum Gasteiger partial charge on any atom is -0.508 e. The molecule has 1 saturated carbocycles. The molecule has 0 aliphatic heterocycles. The minimum atomic E-state index is -4.83. The fourth-order valence-corrected chi connectivity index (χ4v) is 5.39. The van der Waals surface area contributed by atoms with E-state index in [1.165, 1.54) is 24.3 Å². The molecule has 5 atom stereocenters. The Labute approximate surface area is 215 Å². The number of aliphatic hydroxyl groups excluding tert-OH is 2. The molecule has 0 radical (unpaired) electrons. The van der Waals surface area contributed by atoms with Crippen LogP contribution in [0, 0.1) is 0 Å². The maximum atomic E-state index is 13.0. The Kier molecular flexibility index (Phi) is 8.38. The van der Waals surface area contributed by atoms with Gasteiger partial charge in [0.25, 0.3) is 5.91 Å². The van der Waals surface area contributed by atoms with Gasteiger partial charge in [0.15, 0.2) is 0 Å². The zero-order chi connectivity index (χ0) is 28.5. The van der Waals surface area contributed by atoms with Gasteiger partial charge in [0, 0.05) is 19.3 Å². The quantitative estimate of drug-likeness (QED) is 0.224. The van der Waals surface area contributed by atoms with Gasteiger partial charge in [-0.1, -0.05) is 18.2 Å². The third-order valence-electron chi connectivity index (χ3n) is 6.14. The maximum Gasteiger partial charge on any atom is 0.416 e. The van der Waals surface area contributed by atoms with Crippen LogP contribution in [0.5, 0.6) is 5.75 Å². The molecule has 208 valence electrons. The largest absolute Gasteiger partial charge is 0.508 e. The standard InChI is InChI=1S/C23H26F3N3O8S/c24-23(25,26)13-2-1-3-15(9-13)38(36,37)29-17-10-22(35,11-18(31)19(17)32)21(34)28-16(20(27)33)8-12-4-6-14(30)7-5-12/h1-7,9,16-19,29-32,35H,8,10-11H2,(H2,27,33)(H,28,34). The molecule has 2 amide bonds. The van der Waals surface area contributed by atoms with Crippen LogP contribution >= 0.6 is 0 Å². The summed E-state index contributed by atoms with van der Waals surface area (Å²) in [5.41, 5.74) is 2.11. The molecule has 38 heavy (non-hydrogen) atoms. The maximum absolute atomic E-state index is 13.0. The number of carbonyl (C=O) groups is 2. The number of aromatic hydroxyl groups is 1. The van der Waals surface area contributed by atoms with Crippen LogP contribution in [0.2, 0.25) is 0 Å². The molecule has 0 aromatic heterocycles. The van der Waals surface area contributed by atoms with Gasteiger partial charge in [-0.2, -0.15) is 13.2 Å². The van der Waals surface area contributed by atoms with Crippen molar-refractivity contribution in [2.24, 2.45) is 5.73 Å². The van der Waals surface area contributed by atoms with Gasteiger partial charge in [-0.3, -0.25) is 9.59 Å². The lowest BCUT2D eigenvalue weighted by molar-refractivity contribution is -0.158. The molecule has 3 rings (SSSR count). The van der Waals surface area contributed by atoms with Crippen LogP contribution < -0.4 is 15.8 Å². The summed E-state index contributed by atoms with van der Waals surface area (Å²) in [5.74, 6) is -2.22. The molecule has 0 saturated heterocycles. The molecule has 0 heterocycles. The van der Waals surface area contributed by atoms with Crippen LogP contribution in [0.25, 0.3) is 0 Å². The van der Waals surface area contributed by atoms with Gasteiger partial charge < -0.3 is 31.5 Å². The minimum absolute atomic E-state index is 0.0453. The highest BCUT2D eigenvalue weighted by molar-refractivity contribution is 7.89. The molecule has 11 nitrogen and oxygen atoms in total. The van der Waals surface area contributed by atoms with Crippen molar-refractivity contribution in [3.05, 3.63) is 59.7 Å². The fraction of sp³-hybridized carbons (Fsp3) is 0.391. The second-order valence-electron chi connectivity index (χ2n) is 9.05. The van der Waals surface area contributed by atoms with Crippen molar-refractivity contribution in [1.82, 2.24) is 10.0 Å². The Morgan fingerprint density at radius 2 is 1.74 bits per heavy atom. The van der Waals surface area contributed by atoms with E-state index in [-0.39, 0.29) is 12.2 Å². The van der Waals surface area contributed by atoms with Crippen LogP contribution in [0.15, 0.2) is 53.4 Å². The van der Waals surface area contributed by atoms with E-state index >= 15 is 0 Å². The highest BCUT2D eigenvalue weighted by atomic mass is 32.2. The zero-order valence-corrected chi connectivity index (χ0v) is 20.4. The normalized spacial score (nSPS) is 24.9. The molecular weight excluding hydrogens is 535 g/mol. The number of phenols is 1. The Hall–Kier alpha value is -3.24. The number of carbonyl (C=O) groups excluding carboxylic acids is 2. The number of hydrogen-bond donors (Lipinski definition) is 7. The van der Waals surface area contributed by atoms with Crippen LogP contribution in [0.3, 0.4) is 0 Å². The van der Waals surface area contributed by atoms with Gasteiger partial charge in [0.05, 0.1) is 28.7 Å². The van der Waals surface area contributed by atoms with E-state index in [0.29, 0.717) is 17.7 Å². The summed E-state index contributed by atoms with van der Waals surface area (Å²) in [7, 11) is -4.71. The van der Waals surface area contributed by atoms with E-state index in [9.17, 15) is 51.6 Å². The smallest absolute Gasteiger partial charge is 0.416 e. The summed E-state index contributed by atoms with van der Waals surface area (Å²) in [4.78, 5) is 24.1. The van der Waals surface area contributed by atoms with Gasteiger partial charge in [-0.25, -0.2) is 13.1 Å². The zero-order valence-electron chi connectivity index (χ0n) is 19.6. The van der Waals surface area contributed by atoms with Crippen molar-refractivity contribution < 1.29 is 51.6 Å². The highest BCUT2D eigenvalue weighted by Gasteiger charge is 2.50. The van der Waals surface area contributed by atoms with Gasteiger partial charge in [-0.15, -0.1) is 0 Å². The van der Waals surface area contributed by atoms with Gasteiger partial charge >= 0.3 is 6.18 Å². The van der Waals surface area contributed by atoms with Crippen molar-refractivity contribution in [2.45, 2.75) is 60.2 Å². The van der Waals surface area contributed by atoms with Crippen LogP contribution in [0.4, 0.5) is 13.2 Å². The van der Waals surface area contributed by atoms with Gasteiger partial charge in [-0.05, 0) is 35.9 Å². The molecule has 0 bridgehead atoms. The Bertz CT molecular complexity index is 1290. The number of phenolic OH excluding ortho intramolecular Hbond substituents is 1. The van der Waals surface area contributed by atoms with Crippen LogP contribution in [0.1, 0.15) is 24.0 Å². The molecule has 8 N–H and O–H groups in total. The van der Waals surface area contributed by atoms with E-state index in [1.807, 2.05) is 4.72 Å². The summed E-state index contributed by atoms with van der Waals surface area (Å²) in [5, 5.41) is 43.2. The van der Waals surface area contributed by atoms with Crippen molar-refractivity contribution in [3.63, 3.8) is 0 Å². The molecule has 1 fully saturated rings. The predicted octanol–water partition coefficient (Wildman–Crippen LogP) is -0.483. The number of alkyl halides is 3. The molecule has 5 unspecified atom stereocenters. The SMILES string of the molecule is NC(=O)C(Cc1ccc(O)cc1)NC(=O)C1(O)CC(O)C(O)C(NS(=O)(=O)c2cccc(C(F)(F)F)c2)C1. The van der Waals surface area contributed by atoms with Gasteiger partial charge in [0.1, 0.15) is 17.4 Å². The fourth-order valence-electron chi connectivity index (χ4n) is 4.09. The molecule has 1 aliphatic rings. The first kappa shape index (κ1) is 29.3. The number of rotatable bonds is 8. The van der Waals surface area contributed by atoms with E-state index in [1.54, 1.807) is 0 Å². The molecule has 2 aromatic carbocycles. The van der Waals surface area contributed by atoms with Crippen molar-refractivity contribution >= 4 is 21.8 Å². The summed E-state index contributed by atoms with van der Waals surface area (Å²) in [6.07, 6.45) is -10.1. The van der Waals surface area contributed by atoms with Crippen LogP contribution in [-0.4, -0.2) is 70.6 Å². The summed E-state index contributed by atoms with van der Waals surface area (Å²) in [6.45, 7) is 0. The molecule has 15 heteroatoms. The first-order chi connectivity index (χ1) is 17.5. The number of benzene rings is 2. The van der Waals surface area contributed by atoms with E-state index in [0.717, 1.165) is 12.1 Å².